The molecule has 0 saturated heterocycles. The third-order valence-corrected chi connectivity index (χ3v) is 15.9. The van der Waals surface area contributed by atoms with Crippen molar-refractivity contribution >= 4 is 79.2 Å². The first-order valence-electron chi connectivity index (χ1n) is 24.5. The third kappa shape index (κ3) is 13.8. The summed E-state index contributed by atoms with van der Waals surface area (Å²) in [5.41, 5.74) is 10.8. The quantitative estimate of drug-likeness (QED) is 0.0404. The number of nitrogens with one attached hydrogen (secondary N) is 2. The van der Waals surface area contributed by atoms with Crippen LogP contribution in [0.25, 0.3) is 0 Å². The van der Waals surface area contributed by atoms with Crippen molar-refractivity contribution in [1.29, 1.82) is 0 Å². The lowest BCUT2D eigenvalue weighted by Crippen LogP contribution is -2.56. The molecule has 0 spiro atoms. The second-order valence-corrected chi connectivity index (χ2v) is 21.0. The number of hydrogen-bond donors (Lipinski definition) is 5. The molecule has 4 heterocycles. The molecule has 4 aromatic carbocycles. The van der Waals surface area contributed by atoms with Crippen LogP contribution in [0.2, 0.25) is 0 Å². The maximum atomic E-state index is 12.4. The number of carboxylic acids is 2. The number of hydrogen-bond acceptors (Lipinski definition) is 14. The molecule has 15 nitrogen and oxygen atoms in total. The van der Waals surface area contributed by atoms with Gasteiger partial charge in [0.2, 0.25) is 4.75 Å². The number of aliphatic carboxylic acids is 2. The second-order valence-electron chi connectivity index (χ2n) is 17.5. The summed E-state index contributed by atoms with van der Waals surface area (Å²) in [6.45, 7) is 7.67. The van der Waals surface area contributed by atoms with Gasteiger partial charge in [0.15, 0.2) is 11.7 Å². The van der Waals surface area contributed by atoms with E-state index in [-0.39, 0.29) is 18.3 Å². The molecular formula is C54H66N8O7S3. The molecule has 72 heavy (non-hydrogen) atoms. The van der Waals surface area contributed by atoms with Crippen LogP contribution >= 0.6 is 22.7 Å². The zero-order valence-corrected chi connectivity index (χ0v) is 43.6. The molecule has 6 aromatic rings. The van der Waals surface area contributed by atoms with E-state index in [4.69, 9.17) is 10.2 Å². The summed E-state index contributed by atoms with van der Waals surface area (Å²) in [7, 11) is -5.15. The van der Waals surface area contributed by atoms with Crippen LogP contribution in [0.3, 0.4) is 0 Å². The predicted molar refractivity (Wildman–Crippen MR) is 293 cm³/mol. The fraction of sp³-hybridized carbons (Fsp3) is 0.333. The highest BCUT2D eigenvalue weighted by Gasteiger charge is 2.60. The smallest absolute Gasteiger partial charge is 0.328 e. The molecule has 2 aliphatic rings. The third-order valence-electron chi connectivity index (χ3n) is 12.6. The Morgan fingerprint density at radius 3 is 1.29 bits per heavy atom. The number of para-hydroxylation sites is 4. The van der Waals surface area contributed by atoms with E-state index in [0.29, 0.717) is 25.7 Å². The van der Waals surface area contributed by atoms with E-state index in [1.54, 1.807) is 22.7 Å². The second kappa shape index (κ2) is 26.6. The fourth-order valence-electron chi connectivity index (χ4n) is 8.56. The van der Waals surface area contributed by atoms with E-state index in [0.717, 1.165) is 69.9 Å². The van der Waals surface area contributed by atoms with Crippen LogP contribution in [-0.2, 0) is 19.7 Å². The lowest BCUT2D eigenvalue weighted by atomic mass is 9.76. The lowest BCUT2D eigenvalue weighted by Gasteiger charge is -2.36. The predicted octanol–water partition coefficient (Wildman–Crippen LogP) is 12.3. The summed E-state index contributed by atoms with van der Waals surface area (Å²) in [6.07, 6.45) is 5.37. The van der Waals surface area contributed by atoms with Gasteiger partial charge in [0.1, 0.15) is 0 Å². The number of carbonyl (C=O) groups is 2. The maximum Gasteiger partial charge on any atom is 0.328 e. The Morgan fingerprint density at radius 1 is 0.583 bits per heavy atom. The van der Waals surface area contributed by atoms with Gasteiger partial charge >= 0.3 is 11.9 Å². The van der Waals surface area contributed by atoms with Gasteiger partial charge in [-0.1, -0.05) is 164 Å². The minimum atomic E-state index is -5.15. The van der Waals surface area contributed by atoms with Crippen molar-refractivity contribution in [2.24, 2.45) is 28.0 Å². The van der Waals surface area contributed by atoms with Crippen LogP contribution in [0.1, 0.15) is 102 Å². The fourth-order valence-corrected chi connectivity index (χ4v) is 11.1. The van der Waals surface area contributed by atoms with Crippen molar-refractivity contribution in [3.63, 3.8) is 0 Å². The average Bonchev–Trinajstić information content (AvgIpc) is 4.26. The number of unbranched alkanes of at least 4 members (excludes halogenated alkanes) is 2. The highest BCUT2D eigenvalue weighted by molar-refractivity contribution is 7.88. The van der Waals surface area contributed by atoms with Crippen LogP contribution in [0.5, 0.6) is 0 Å². The van der Waals surface area contributed by atoms with Gasteiger partial charge in [-0.2, -0.15) is 28.9 Å². The lowest BCUT2D eigenvalue weighted by molar-refractivity contribution is -0.153. The molecule has 5 N–H and O–H groups in total. The SMILES string of the molecule is CCCCC(CC)CC(C(=O)O)C(CC(CC)CCCC)(C(=O)O)S(=O)(=O)O.c1ccc(N2N=C(c3cccs3)NN2c2ccccc2)cc1.c1ccc(N2N=C(c3cccs3)NN2c2ccccc2)cc1. The minimum Gasteiger partial charge on any atom is -0.481 e. The highest BCUT2D eigenvalue weighted by Crippen LogP contribution is 2.41. The van der Waals surface area contributed by atoms with Gasteiger partial charge in [0, 0.05) is 0 Å². The molecule has 8 rings (SSSR count). The molecule has 4 unspecified atom stereocenters. The summed E-state index contributed by atoms with van der Waals surface area (Å²) < 4.78 is 32.0. The Kier molecular flexibility index (Phi) is 20.2. The van der Waals surface area contributed by atoms with E-state index in [2.05, 4.69) is 58.0 Å². The largest absolute Gasteiger partial charge is 0.481 e. The first-order chi connectivity index (χ1) is 34.8. The number of hydrazone groups is 2. The number of amidine groups is 2. The van der Waals surface area contributed by atoms with Gasteiger partial charge in [-0.3, -0.25) is 25.0 Å². The Balaban J connectivity index is 0.000000177. The summed E-state index contributed by atoms with van der Waals surface area (Å²) >= 11 is 3.34. The van der Waals surface area contributed by atoms with Crippen molar-refractivity contribution in [2.75, 3.05) is 20.5 Å². The Bertz CT molecular complexity index is 2600. The normalized spacial score (nSPS) is 15.3. The molecule has 2 aromatic heterocycles. The van der Waals surface area contributed by atoms with Gasteiger partial charge in [0.05, 0.1) is 38.4 Å². The molecule has 0 fully saturated rings. The molecule has 2 aliphatic heterocycles. The average molecular weight is 1040 g/mol. The molecule has 0 saturated carbocycles. The Labute approximate surface area is 431 Å². The van der Waals surface area contributed by atoms with Crippen molar-refractivity contribution in [1.82, 2.24) is 10.9 Å². The minimum absolute atomic E-state index is 0.0812. The molecule has 0 amide bonds. The van der Waals surface area contributed by atoms with Crippen molar-refractivity contribution < 1.29 is 32.8 Å². The number of carboxylic acid groups (broad SMARTS) is 2. The maximum absolute atomic E-state index is 12.4. The van der Waals surface area contributed by atoms with Crippen LogP contribution < -0.4 is 31.3 Å². The summed E-state index contributed by atoms with van der Waals surface area (Å²) in [6, 6.07) is 48.7. The van der Waals surface area contributed by atoms with Crippen molar-refractivity contribution in [2.45, 2.75) is 96.7 Å². The van der Waals surface area contributed by atoms with Gasteiger partial charge in [-0.05, 0) is 96.1 Å². The standard InChI is InChI=1S/C20H38O7S.2C17H14N4S/c1-5-9-11-15(7-3)13-17(18(21)22)20(19(23)24,28(25,26)27)14-16(8-4)12-10-6-2;2*1-3-8-14(9-4-1)20-18-17(16-12-7-13-22-16)19-21(20)15-10-5-2-6-11-15/h15-17H,5-14H2,1-4H3,(H,21,22)(H,23,24)(H,25,26,27);2*1-13H,(H,18,19). The van der Waals surface area contributed by atoms with Gasteiger partial charge in [-0.25, -0.2) is 0 Å². The van der Waals surface area contributed by atoms with E-state index < -0.39 is 39.1 Å². The van der Waals surface area contributed by atoms with Crippen LogP contribution in [0.4, 0.5) is 22.7 Å². The molecule has 4 atom stereocenters. The van der Waals surface area contributed by atoms with Crippen molar-refractivity contribution in [3.05, 3.63) is 166 Å². The number of benzene rings is 4. The van der Waals surface area contributed by atoms with Crippen LogP contribution in [0.15, 0.2) is 167 Å². The molecule has 0 aliphatic carbocycles. The molecular weight excluding hydrogens is 969 g/mol. The summed E-state index contributed by atoms with van der Waals surface area (Å²) in [5, 5.41) is 41.0. The Morgan fingerprint density at radius 2 is 0.972 bits per heavy atom. The number of rotatable bonds is 22. The number of thiophene rings is 2. The van der Waals surface area contributed by atoms with Gasteiger partial charge < -0.3 is 10.2 Å². The van der Waals surface area contributed by atoms with Gasteiger partial charge in [-0.15, -0.1) is 32.9 Å². The highest BCUT2D eigenvalue weighted by atomic mass is 32.2. The number of anilines is 4. The first-order valence-corrected chi connectivity index (χ1v) is 27.7. The summed E-state index contributed by atoms with van der Waals surface area (Å²) in [5.74, 6) is -3.67. The van der Waals surface area contributed by atoms with Crippen molar-refractivity contribution in [3.8, 4) is 0 Å². The zero-order valence-electron chi connectivity index (χ0n) is 41.2. The molecule has 18 heteroatoms. The topological polar surface area (TPSA) is 191 Å². The van der Waals surface area contributed by atoms with Crippen LogP contribution in [-0.4, -0.2) is 51.5 Å². The molecule has 0 radical (unpaired) electrons. The van der Waals surface area contributed by atoms with E-state index in [1.807, 2.05) is 157 Å². The molecule has 382 valence electrons. The van der Waals surface area contributed by atoms with Crippen LogP contribution in [0, 0.1) is 17.8 Å². The molecule has 0 bridgehead atoms. The van der Waals surface area contributed by atoms with E-state index in [9.17, 15) is 32.8 Å². The van der Waals surface area contributed by atoms with E-state index in [1.165, 1.54) is 0 Å². The number of hydrazine groups is 4. The monoisotopic (exact) mass is 1030 g/mol. The zero-order chi connectivity index (χ0) is 51.5. The first kappa shape index (κ1) is 54.6. The Hall–Kier alpha value is -6.73. The van der Waals surface area contributed by atoms with Gasteiger partial charge in [0.25, 0.3) is 10.1 Å². The van der Waals surface area contributed by atoms with E-state index >= 15 is 0 Å². The summed E-state index contributed by atoms with van der Waals surface area (Å²) in [4.78, 5) is 26.5. The number of nitrogens with zero attached hydrogens (tertiary/aromatic N) is 6.